The van der Waals surface area contributed by atoms with Crippen molar-refractivity contribution in [3.05, 3.63) is 46.4 Å². The molecule has 3 N–H and O–H groups in total. The number of aromatic carboxylic acids is 1. The van der Waals surface area contributed by atoms with E-state index in [4.69, 9.17) is 5.11 Å². The second-order valence-electron chi connectivity index (χ2n) is 3.19. The van der Waals surface area contributed by atoms with Crippen LogP contribution in [-0.4, -0.2) is 26.3 Å². The minimum absolute atomic E-state index is 0.140. The summed E-state index contributed by atoms with van der Waals surface area (Å²) in [6.07, 6.45) is 1.04. The lowest BCUT2D eigenvalue weighted by Crippen LogP contribution is -2.10. The molecular weight excluding hydrogens is 224 g/mol. The minimum atomic E-state index is -1.03. The Morgan fingerprint density at radius 1 is 1.41 bits per heavy atom. The number of carboxylic acids is 1. The van der Waals surface area contributed by atoms with Gasteiger partial charge in [-0.1, -0.05) is 6.07 Å². The first kappa shape index (κ1) is 10.8. The van der Waals surface area contributed by atoms with E-state index in [-0.39, 0.29) is 11.5 Å². The maximum absolute atomic E-state index is 11.0. The number of benzene rings is 1. The molecule has 0 aliphatic carbocycles. The maximum atomic E-state index is 11.0. The molecule has 1 aromatic carbocycles. The number of hydrogen-bond donors (Lipinski definition) is 3. The highest BCUT2D eigenvalue weighted by atomic mass is 16.4. The highest BCUT2D eigenvalue weighted by Crippen LogP contribution is 2.13. The lowest BCUT2D eigenvalue weighted by molar-refractivity contribution is 0.0697. The Kier molecular flexibility index (Phi) is 2.82. The van der Waals surface area contributed by atoms with E-state index in [0.717, 1.165) is 6.20 Å². The fourth-order valence-electron chi connectivity index (χ4n) is 1.24. The summed E-state index contributed by atoms with van der Waals surface area (Å²) in [5.74, 6) is -0.874. The molecule has 0 saturated heterocycles. The standard InChI is InChI=1S/C10H8N4O3/c15-8-5-11-14-10(13-8)12-7-3-1-2-6(4-7)9(16)17/h1-5H,(H,16,17)(H2,12,13,14,15). The highest BCUT2D eigenvalue weighted by molar-refractivity contribution is 5.88. The van der Waals surface area contributed by atoms with Gasteiger partial charge in [0.15, 0.2) is 0 Å². The van der Waals surface area contributed by atoms with Crippen LogP contribution in [0.15, 0.2) is 35.3 Å². The average Bonchev–Trinajstić information content (AvgIpc) is 2.29. The molecule has 2 rings (SSSR count). The van der Waals surface area contributed by atoms with Gasteiger partial charge in [0.2, 0.25) is 5.95 Å². The molecule has 86 valence electrons. The van der Waals surface area contributed by atoms with Crippen LogP contribution in [0.3, 0.4) is 0 Å². The summed E-state index contributed by atoms with van der Waals surface area (Å²) >= 11 is 0. The van der Waals surface area contributed by atoms with E-state index in [1.165, 1.54) is 12.1 Å². The van der Waals surface area contributed by atoms with E-state index < -0.39 is 11.5 Å². The van der Waals surface area contributed by atoms with Crippen molar-refractivity contribution in [1.82, 2.24) is 15.2 Å². The summed E-state index contributed by atoms with van der Waals surface area (Å²) in [5.41, 5.74) is 0.249. The number of nitrogens with zero attached hydrogens (tertiary/aromatic N) is 2. The molecule has 1 heterocycles. The van der Waals surface area contributed by atoms with E-state index >= 15 is 0 Å². The Bertz CT molecular complexity index is 608. The third-order valence-corrected chi connectivity index (χ3v) is 1.95. The molecule has 0 fully saturated rings. The number of H-pyrrole nitrogens is 1. The summed E-state index contributed by atoms with van der Waals surface area (Å²) in [5, 5.41) is 18.7. The van der Waals surface area contributed by atoms with Gasteiger partial charge in [-0.25, -0.2) is 4.79 Å². The predicted octanol–water partition coefficient (Wildman–Crippen LogP) is 0.607. The second-order valence-corrected chi connectivity index (χ2v) is 3.19. The van der Waals surface area contributed by atoms with Crippen molar-refractivity contribution in [1.29, 1.82) is 0 Å². The number of carboxylic acid groups (broad SMARTS) is 1. The number of hydrogen-bond acceptors (Lipinski definition) is 5. The molecule has 7 nitrogen and oxygen atoms in total. The molecule has 0 saturated carbocycles. The Hall–Kier alpha value is -2.70. The summed E-state index contributed by atoms with van der Waals surface area (Å²) < 4.78 is 0. The predicted molar refractivity (Wildman–Crippen MR) is 59.3 cm³/mol. The van der Waals surface area contributed by atoms with Gasteiger partial charge in [0, 0.05) is 5.69 Å². The van der Waals surface area contributed by atoms with Crippen LogP contribution in [0.1, 0.15) is 10.4 Å². The van der Waals surface area contributed by atoms with Crippen LogP contribution in [0.25, 0.3) is 0 Å². The van der Waals surface area contributed by atoms with Crippen LogP contribution < -0.4 is 10.9 Å². The zero-order valence-electron chi connectivity index (χ0n) is 8.54. The van der Waals surface area contributed by atoms with E-state index in [9.17, 15) is 9.59 Å². The van der Waals surface area contributed by atoms with Crippen molar-refractivity contribution in [2.24, 2.45) is 0 Å². The third kappa shape index (κ3) is 2.65. The van der Waals surface area contributed by atoms with Gasteiger partial charge in [-0.2, -0.15) is 0 Å². The molecule has 0 aliphatic rings. The summed E-state index contributed by atoms with van der Waals surface area (Å²) in [6.45, 7) is 0. The van der Waals surface area contributed by atoms with Crippen LogP contribution in [0.4, 0.5) is 11.6 Å². The second kappa shape index (κ2) is 4.44. The van der Waals surface area contributed by atoms with Crippen molar-refractivity contribution >= 4 is 17.6 Å². The van der Waals surface area contributed by atoms with Crippen molar-refractivity contribution in [3.63, 3.8) is 0 Å². The molecule has 0 spiro atoms. The fourth-order valence-corrected chi connectivity index (χ4v) is 1.24. The average molecular weight is 232 g/mol. The Labute approximate surface area is 95.1 Å². The number of carbonyl (C=O) groups is 1. The van der Waals surface area contributed by atoms with Crippen molar-refractivity contribution in [3.8, 4) is 0 Å². The molecule has 0 amide bonds. The number of anilines is 2. The van der Waals surface area contributed by atoms with Gasteiger partial charge >= 0.3 is 5.97 Å². The van der Waals surface area contributed by atoms with Gasteiger partial charge in [-0.05, 0) is 18.2 Å². The zero-order valence-corrected chi connectivity index (χ0v) is 8.54. The third-order valence-electron chi connectivity index (χ3n) is 1.95. The molecule has 17 heavy (non-hydrogen) atoms. The summed E-state index contributed by atoms with van der Waals surface area (Å²) in [4.78, 5) is 24.1. The van der Waals surface area contributed by atoms with Crippen LogP contribution in [0.5, 0.6) is 0 Å². The van der Waals surface area contributed by atoms with Crippen molar-refractivity contribution < 1.29 is 9.90 Å². The van der Waals surface area contributed by atoms with E-state index in [1.54, 1.807) is 12.1 Å². The minimum Gasteiger partial charge on any atom is -0.478 e. The quantitative estimate of drug-likeness (QED) is 0.715. The van der Waals surface area contributed by atoms with Crippen molar-refractivity contribution in [2.75, 3.05) is 5.32 Å². The highest BCUT2D eigenvalue weighted by Gasteiger charge is 2.04. The van der Waals surface area contributed by atoms with Crippen LogP contribution in [-0.2, 0) is 0 Å². The number of aromatic nitrogens is 3. The monoisotopic (exact) mass is 232 g/mol. The molecule has 0 unspecified atom stereocenters. The topological polar surface area (TPSA) is 108 Å². The molecular formula is C10H8N4O3. The van der Waals surface area contributed by atoms with Gasteiger partial charge < -0.3 is 10.4 Å². The lowest BCUT2D eigenvalue weighted by atomic mass is 10.2. The van der Waals surface area contributed by atoms with Gasteiger partial charge in [-0.3, -0.25) is 9.78 Å². The van der Waals surface area contributed by atoms with Gasteiger partial charge in [-0.15, -0.1) is 10.2 Å². The molecule has 2 aromatic rings. The number of aromatic amines is 1. The number of nitrogens with one attached hydrogen (secondary N) is 2. The van der Waals surface area contributed by atoms with E-state index in [1.807, 2.05) is 0 Å². The Balaban J connectivity index is 2.27. The largest absolute Gasteiger partial charge is 0.478 e. The first-order valence-electron chi connectivity index (χ1n) is 4.67. The maximum Gasteiger partial charge on any atom is 0.335 e. The van der Waals surface area contributed by atoms with Crippen LogP contribution in [0.2, 0.25) is 0 Å². The smallest absolute Gasteiger partial charge is 0.335 e. The Morgan fingerprint density at radius 3 is 2.94 bits per heavy atom. The summed E-state index contributed by atoms with van der Waals surface area (Å²) in [6, 6.07) is 6.13. The van der Waals surface area contributed by atoms with Crippen LogP contribution >= 0.6 is 0 Å². The molecule has 0 aliphatic heterocycles. The van der Waals surface area contributed by atoms with Gasteiger partial charge in [0.05, 0.1) is 5.56 Å². The molecule has 7 heteroatoms. The van der Waals surface area contributed by atoms with Crippen LogP contribution in [0, 0.1) is 0 Å². The first-order chi connectivity index (χ1) is 8.15. The van der Waals surface area contributed by atoms with E-state index in [0.29, 0.717) is 5.69 Å². The number of rotatable bonds is 3. The molecule has 0 atom stereocenters. The normalized spacial score (nSPS) is 9.88. The molecule has 0 bridgehead atoms. The van der Waals surface area contributed by atoms with Gasteiger partial charge in [0.1, 0.15) is 6.20 Å². The van der Waals surface area contributed by atoms with Crippen molar-refractivity contribution in [2.45, 2.75) is 0 Å². The van der Waals surface area contributed by atoms with E-state index in [2.05, 4.69) is 20.5 Å². The zero-order chi connectivity index (χ0) is 12.3. The lowest BCUT2D eigenvalue weighted by Gasteiger charge is -2.04. The summed E-state index contributed by atoms with van der Waals surface area (Å²) in [7, 11) is 0. The molecule has 1 aromatic heterocycles. The van der Waals surface area contributed by atoms with Gasteiger partial charge in [0.25, 0.3) is 5.56 Å². The Morgan fingerprint density at radius 2 is 2.24 bits per heavy atom. The SMILES string of the molecule is O=C(O)c1cccc(Nc2nncc(=O)[nH]2)c1. The molecule has 0 radical (unpaired) electrons. The fraction of sp³-hybridized carbons (Fsp3) is 0. The first-order valence-corrected chi connectivity index (χ1v) is 4.67.